The molecule has 2 rings (SSSR count). The average Bonchev–Trinajstić information content (AvgIpc) is 2.73. The summed E-state index contributed by atoms with van der Waals surface area (Å²) in [5.74, 6) is 0. The van der Waals surface area contributed by atoms with Crippen LogP contribution in [0.15, 0.2) is 21.4 Å². The molecule has 4 nitrogen and oxygen atoms in total. The molecular weight excluding hydrogens is 266 g/mol. The van der Waals surface area contributed by atoms with E-state index in [1.54, 1.807) is 29.3 Å². The SMILES string of the molecule is Cn1nncc1C(O)c1csc(Br)c1. The third-order valence-electron chi connectivity index (χ3n) is 1.93. The zero-order chi connectivity index (χ0) is 10.1. The van der Waals surface area contributed by atoms with Crippen LogP contribution in [0.4, 0.5) is 0 Å². The lowest BCUT2D eigenvalue weighted by Gasteiger charge is -2.07. The fourth-order valence-corrected chi connectivity index (χ4v) is 2.38. The van der Waals surface area contributed by atoms with Gasteiger partial charge in [-0.15, -0.1) is 16.4 Å². The molecule has 0 spiro atoms. The van der Waals surface area contributed by atoms with Crippen molar-refractivity contribution in [3.63, 3.8) is 0 Å². The van der Waals surface area contributed by atoms with Gasteiger partial charge in [0.1, 0.15) is 6.10 Å². The summed E-state index contributed by atoms with van der Waals surface area (Å²) in [6.07, 6.45) is 0.911. The van der Waals surface area contributed by atoms with Gasteiger partial charge in [0, 0.05) is 7.05 Å². The number of aryl methyl sites for hydroxylation is 1. The van der Waals surface area contributed by atoms with E-state index in [0.717, 1.165) is 9.35 Å². The van der Waals surface area contributed by atoms with Crippen LogP contribution in [0, 0.1) is 0 Å². The molecule has 0 bridgehead atoms. The highest BCUT2D eigenvalue weighted by Gasteiger charge is 2.15. The van der Waals surface area contributed by atoms with Gasteiger partial charge in [0.05, 0.1) is 15.7 Å². The Balaban J connectivity index is 2.33. The second-order valence-corrected chi connectivity index (χ2v) is 5.16. The Bertz CT molecular complexity index is 439. The molecule has 0 saturated heterocycles. The van der Waals surface area contributed by atoms with Crippen molar-refractivity contribution in [3.05, 3.63) is 32.7 Å². The van der Waals surface area contributed by atoms with Gasteiger partial charge in [-0.05, 0) is 32.9 Å². The van der Waals surface area contributed by atoms with Crippen molar-refractivity contribution in [1.29, 1.82) is 0 Å². The van der Waals surface area contributed by atoms with Gasteiger partial charge in [-0.1, -0.05) is 5.21 Å². The van der Waals surface area contributed by atoms with E-state index in [9.17, 15) is 5.11 Å². The Hall–Kier alpha value is -0.720. The summed E-state index contributed by atoms with van der Waals surface area (Å²) >= 11 is 4.89. The number of nitrogens with zero attached hydrogens (tertiary/aromatic N) is 3. The second-order valence-electron chi connectivity index (χ2n) is 2.87. The van der Waals surface area contributed by atoms with Gasteiger partial charge < -0.3 is 5.11 Å². The molecule has 0 saturated carbocycles. The lowest BCUT2D eigenvalue weighted by Crippen LogP contribution is -2.05. The number of thiophene rings is 1. The predicted octanol–water partition coefficient (Wildman–Crippen LogP) is 1.72. The molecule has 0 amide bonds. The van der Waals surface area contributed by atoms with Crippen molar-refractivity contribution in [2.45, 2.75) is 6.10 Å². The topological polar surface area (TPSA) is 50.9 Å². The number of rotatable bonds is 2. The van der Waals surface area contributed by atoms with E-state index in [0.29, 0.717) is 5.69 Å². The van der Waals surface area contributed by atoms with Gasteiger partial charge in [-0.25, -0.2) is 4.68 Å². The zero-order valence-corrected chi connectivity index (χ0v) is 9.79. The lowest BCUT2D eigenvalue weighted by molar-refractivity contribution is 0.210. The van der Waals surface area contributed by atoms with Gasteiger partial charge in [0.25, 0.3) is 0 Å². The minimum absolute atomic E-state index is 0.655. The highest BCUT2D eigenvalue weighted by molar-refractivity contribution is 9.11. The maximum atomic E-state index is 9.96. The molecule has 14 heavy (non-hydrogen) atoms. The van der Waals surface area contributed by atoms with Gasteiger partial charge in [0.2, 0.25) is 0 Å². The summed E-state index contributed by atoms with van der Waals surface area (Å²) in [6.45, 7) is 0. The van der Waals surface area contributed by atoms with E-state index in [4.69, 9.17) is 0 Å². The quantitative estimate of drug-likeness (QED) is 0.907. The molecule has 6 heteroatoms. The van der Waals surface area contributed by atoms with E-state index in [1.165, 1.54) is 0 Å². The Morgan fingerprint density at radius 3 is 2.93 bits per heavy atom. The highest BCUT2D eigenvalue weighted by Crippen LogP contribution is 2.28. The van der Waals surface area contributed by atoms with E-state index in [-0.39, 0.29) is 0 Å². The number of hydrogen-bond acceptors (Lipinski definition) is 4. The number of hydrogen-bond donors (Lipinski definition) is 1. The summed E-state index contributed by atoms with van der Waals surface area (Å²) < 4.78 is 2.57. The first kappa shape index (κ1) is 9.82. The third-order valence-corrected chi connectivity index (χ3v) is 3.46. The molecule has 0 radical (unpaired) electrons. The first-order valence-corrected chi connectivity index (χ1v) is 5.62. The van der Waals surface area contributed by atoms with Crippen LogP contribution in [0.2, 0.25) is 0 Å². The molecule has 1 N–H and O–H groups in total. The molecule has 2 aromatic heterocycles. The Kier molecular flexibility index (Phi) is 2.66. The van der Waals surface area contributed by atoms with Crippen LogP contribution in [-0.4, -0.2) is 20.1 Å². The van der Waals surface area contributed by atoms with Crippen LogP contribution in [-0.2, 0) is 7.05 Å². The van der Waals surface area contributed by atoms with E-state index in [2.05, 4.69) is 26.2 Å². The molecule has 0 aliphatic heterocycles. The molecule has 0 aliphatic carbocycles. The minimum Gasteiger partial charge on any atom is -0.382 e. The van der Waals surface area contributed by atoms with Crippen LogP contribution < -0.4 is 0 Å². The number of aliphatic hydroxyl groups is 1. The van der Waals surface area contributed by atoms with Crippen LogP contribution in [0.3, 0.4) is 0 Å². The van der Waals surface area contributed by atoms with Crippen molar-refractivity contribution in [2.75, 3.05) is 0 Å². The molecule has 2 aromatic rings. The first-order valence-electron chi connectivity index (χ1n) is 3.95. The molecule has 0 aliphatic rings. The average molecular weight is 274 g/mol. The fraction of sp³-hybridized carbons (Fsp3) is 0.250. The molecule has 1 atom stereocenters. The number of halogens is 1. The molecule has 1 unspecified atom stereocenters. The van der Waals surface area contributed by atoms with Crippen molar-refractivity contribution in [1.82, 2.24) is 15.0 Å². The van der Waals surface area contributed by atoms with Crippen molar-refractivity contribution in [3.8, 4) is 0 Å². The highest BCUT2D eigenvalue weighted by atomic mass is 79.9. The zero-order valence-electron chi connectivity index (χ0n) is 7.38. The van der Waals surface area contributed by atoms with Crippen LogP contribution in [0.25, 0.3) is 0 Å². The lowest BCUT2D eigenvalue weighted by atomic mass is 10.1. The second kappa shape index (κ2) is 3.80. The van der Waals surface area contributed by atoms with Gasteiger partial charge >= 0.3 is 0 Å². The summed E-state index contributed by atoms with van der Waals surface area (Å²) in [6, 6.07) is 1.89. The molecule has 74 valence electrons. The van der Waals surface area contributed by atoms with E-state index >= 15 is 0 Å². The summed E-state index contributed by atoms with van der Waals surface area (Å²) in [5.41, 5.74) is 1.54. The summed E-state index contributed by atoms with van der Waals surface area (Å²) in [7, 11) is 1.76. The maximum Gasteiger partial charge on any atom is 0.123 e. The third kappa shape index (κ3) is 1.73. The monoisotopic (exact) mass is 273 g/mol. The minimum atomic E-state index is -0.655. The van der Waals surface area contributed by atoms with Crippen LogP contribution >= 0.6 is 27.3 Å². The number of aliphatic hydroxyl groups excluding tert-OH is 1. The fourth-order valence-electron chi connectivity index (χ4n) is 1.18. The van der Waals surface area contributed by atoms with Gasteiger partial charge in [-0.2, -0.15) is 0 Å². The van der Waals surface area contributed by atoms with Gasteiger partial charge in [0.15, 0.2) is 0 Å². The van der Waals surface area contributed by atoms with Crippen molar-refractivity contribution >= 4 is 27.3 Å². The van der Waals surface area contributed by atoms with Crippen LogP contribution in [0.5, 0.6) is 0 Å². The summed E-state index contributed by atoms with van der Waals surface area (Å²) in [5, 5.41) is 19.4. The van der Waals surface area contributed by atoms with Crippen molar-refractivity contribution in [2.24, 2.45) is 7.05 Å². The first-order chi connectivity index (χ1) is 6.68. The smallest absolute Gasteiger partial charge is 0.123 e. The van der Waals surface area contributed by atoms with E-state index in [1.807, 2.05) is 11.4 Å². The standard InChI is InChI=1S/C8H8BrN3OS/c1-12-6(3-10-11-12)8(13)5-2-7(9)14-4-5/h2-4,8,13H,1H3. The molecular formula is C8H8BrN3OS. The van der Waals surface area contributed by atoms with E-state index < -0.39 is 6.10 Å². The Morgan fingerprint density at radius 1 is 1.64 bits per heavy atom. The normalized spacial score (nSPS) is 13.1. The Labute approximate surface area is 93.3 Å². The summed E-state index contributed by atoms with van der Waals surface area (Å²) in [4.78, 5) is 0. The number of aromatic nitrogens is 3. The van der Waals surface area contributed by atoms with Crippen LogP contribution in [0.1, 0.15) is 17.4 Å². The largest absolute Gasteiger partial charge is 0.382 e. The molecule has 0 fully saturated rings. The molecule has 2 heterocycles. The predicted molar refractivity (Wildman–Crippen MR) is 57.1 cm³/mol. The van der Waals surface area contributed by atoms with Gasteiger partial charge in [-0.3, -0.25) is 0 Å². The molecule has 0 aromatic carbocycles. The maximum absolute atomic E-state index is 9.96. The Morgan fingerprint density at radius 2 is 2.43 bits per heavy atom. The van der Waals surface area contributed by atoms with Crippen molar-refractivity contribution < 1.29 is 5.11 Å².